The number of aromatic nitrogens is 3. The number of hydrogen-bond donors (Lipinski definition) is 2. The maximum atomic E-state index is 13.1. The second kappa shape index (κ2) is 8.76. The highest BCUT2D eigenvalue weighted by Gasteiger charge is 2.25. The van der Waals surface area contributed by atoms with Gasteiger partial charge >= 0.3 is 0 Å². The molecule has 3 N–H and O–H groups in total. The van der Waals surface area contributed by atoms with Crippen molar-refractivity contribution in [2.24, 2.45) is 0 Å². The Balaban J connectivity index is 1.90. The molecule has 0 fully saturated rings. The molecule has 1 atom stereocenters. The summed E-state index contributed by atoms with van der Waals surface area (Å²) in [6.07, 6.45) is 4.20. The monoisotopic (exact) mass is 415 g/mol. The van der Waals surface area contributed by atoms with Crippen LogP contribution in [0.4, 0.5) is 5.82 Å². The van der Waals surface area contributed by atoms with E-state index in [1.54, 1.807) is 0 Å². The van der Waals surface area contributed by atoms with E-state index in [4.69, 9.17) is 15.7 Å². The summed E-state index contributed by atoms with van der Waals surface area (Å²) in [5.41, 5.74) is 11.7. The van der Waals surface area contributed by atoms with E-state index in [2.05, 4.69) is 24.4 Å². The number of nitrogen functional groups attached to an aromatic ring is 1. The van der Waals surface area contributed by atoms with Crippen LogP contribution in [0, 0.1) is 0 Å². The van der Waals surface area contributed by atoms with Gasteiger partial charge in [0.2, 0.25) is 0 Å². The Morgan fingerprint density at radius 1 is 1.06 bits per heavy atom. The highest BCUT2D eigenvalue weighted by Crippen LogP contribution is 2.31. The molecule has 0 bridgehead atoms. The summed E-state index contributed by atoms with van der Waals surface area (Å²) < 4.78 is 1.84. The van der Waals surface area contributed by atoms with Crippen molar-refractivity contribution in [3.63, 3.8) is 0 Å². The molecule has 31 heavy (non-hydrogen) atoms. The van der Waals surface area contributed by atoms with Crippen molar-refractivity contribution in [1.82, 2.24) is 19.9 Å². The van der Waals surface area contributed by atoms with Crippen LogP contribution in [0.2, 0.25) is 0 Å². The number of amides is 1. The van der Waals surface area contributed by atoms with Gasteiger partial charge in [-0.15, -0.1) is 0 Å². The quantitative estimate of drug-likeness (QED) is 0.443. The van der Waals surface area contributed by atoms with Crippen LogP contribution >= 0.6 is 0 Å². The summed E-state index contributed by atoms with van der Waals surface area (Å²) in [5, 5.41) is 3.02. The predicted octanol–water partition coefficient (Wildman–Crippen LogP) is 5.03. The summed E-state index contributed by atoms with van der Waals surface area (Å²) in [6.45, 7) is 6.20. The van der Waals surface area contributed by atoms with Crippen molar-refractivity contribution < 1.29 is 4.79 Å². The number of unbranched alkanes of at least 4 members (excludes halogenated alkanes) is 1. The van der Waals surface area contributed by atoms with Gasteiger partial charge in [0.15, 0.2) is 5.65 Å². The number of benzene rings is 2. The highest BCUT2D eigenvalue weighted by molar-refractivity contribution is 6.11. The number of nitrogens with zero attached hydrogens (tertiary/aromatic N) is 3. The first-order valence-corrected chi connectivity index (χ1v) is 11.0. The summed E-state index contributed by atoms with van der Waals surface area (Å²) in [7, 11) is 0. The summed E-state index contributed by atoms with van der Waals surface area (Å²) in [6, 6.07) is 16.0. The number of nitrogens with one attached hydrogen (secondary N) is 1. The zero-order chi connectivity index (χ0) is 22.0. The van der Waals surface area contributed by atoms with Crippen LogP contribution < -0.4 is 11.1 Å². The molecule has 4 rings (SSSR count). The molecular weight excluding hydrogens is 386 g/mol. The first-order chi connectivity index (χ1) is 15.0. The highest BCUT2D eigenvalue weighted by atomic mass is 16.1. The lowest BCUT2D eigenvalue weighted by Gasteiger charge is -2.12. The molecule has 0 aliphatic rings. The largest absolute Gasteiger partial charge is 0.384 e. The van der Waals surface area contributed by atoms with E-state index in [1.807, 2.05) is 54.8 Å². The molecule has 2 aromatic carbocycles. The molecular formula is C25H29N5O. The van der Waals surface area contributed by atoms with Crippen molar-refractivity contribution in [3.05, 3.63) is 59.7 Å². The maximum Gasteiger partial charge on any atom is 0.257 e. The number of nitrogens with two attached hydrogens (primary N) is 1. The van der Waals surface area contributed by atoms with Crippen LogP contribution in [-0.4, -0.2) is 26.5 Å². The number of fused-ring (bicyclic) bond motifs is 2. The molecule has 0 radical (unpaired) electrons. The molecule has 0 saturated carbocycles. The zero-order valence-electron chi connectivity index (χ0n) is 18.4. The number of hydrogen-bond acceptors (Lipinski definition) is 4. The van der Waals surface area contributed by atoms with Crippen LogP contribution in [0.1, 0.15) is 56.0 Å². The Morgan fingerprint density at radius 2 is 1.74 bits per heavy atom. The number of para-hydroxylation sites is 2. The second-order valence-corrected chi connectivity index (χ2v) is 8.03. The molecule has 0 saturated heterocycles. The lowest BCUT2D eigenvalue weighted by atomic mass is 10.1. The van der Waals surface area contributed by atoms with Gasteiger partial charge in [0.25, 0.3) is 5.91 Å². The van der Waals surface area contributed by atoms with Crippen LogP contribution in [0.5, 0.6) is 0 Å². The van der Waals surface area contributed by atoms with Gasteiger partial charge in [-0.2, -0.15) is 0 Å². The summed E-state index contributed by atoms with van der Waals surface area (Å²) in [4.78, 5) is 22.7. The van der Waals surface area contributed by atoms with Gasteiger partial charge < -0.3 is 11.1 Å². The molecule has 4 aromatic rings. The number of anilines is 1. The third-order valence-corrected chi connectivity index (χ3v) is 5.73. The second-order valence-electron chi connectivity index (χ2n) is 8.03. The maximum absolute atomic E-state index is 13.1. The number of rotatable bonds is 7. The SMILES string of the molecule is CCCCc1ccc(-n2c(N)c(C(=O)N[C@H](C)CC)c3nc4ccccc4nc32)cc1. The van der Waals surface area contributed by atoms with Crippen molar-refractivity contribution >= 4 is 33.9 Å². The number of carbonyl (C=O) groups is 1. The Labute approximate surface area is 182 Å². The van der Waals surface area contributed by atoms with E-state index in [9.17, 15) is 4.79 Å². The fourth-order valence-electron chi connectivity index (χ4n) is 3.74. The topological polar surface area (TPSA) is 85.8 Å². The average molecular weight is 416 g/mol. The van der Waals surface area contributed by atoms with Crippen LogP contribution in [0.3, 0.4) is 0 Å². The van der Waals surface area contributed by atoms with Crippen LogP contribution in [0.15, 0.2) is 48.5 Å². The molecule has 0 aliphatic heterocycles. The van der Waals surface area contributed by atoms with E-state index >= 15 is 0 Å². The normalized spacial score (nSPS) is 12.4. The van der Waals surface area contributed by atoms with E-state index in [0.717, 1.165) is 42.4 Å². The van der Waals surface area contributed by atoms with E-state index in [1.165, 1.54) is 5.56 Å². The number of aryl methyl sites for hydroxylation is 1. The van der Waals surface area contributed by atoms with Crippen LogP contribution in [-0.2, 0) is 6.42 Å². The Hall–Kier alpha value is -3.41. The fraction of sp³-hybridized carbons (Fsp3) is 0.320. The van der Waals surface area contributed by atoms with E-state index < -0.39 is 0 Å². The third-order valence-electron chi connectivity index (χ3n) is 5.73. The predicted molar refractivity (Wildman–Crippen MR) is 127 cm³/mol. The van der Waals surface area contributed by atoms with Crippen molar-refractivity contribution in [2.75, 3.05) is 5.73 Å². The minimum Gasteiger partial charge on any atom is -0.384 e. The standard InChI is InChI=1S/C25H29N5O/c1-4-6-9-17-12-14-18(15-13-17)30-23(26)21(25(31)27-16(3)5-2)22-24(30)29-20-11-8-7-10-19(20)28-22/h7-8,10-16H,4-6,9,26H2,1-3H3,(H,27,31)/t16-/m1/s1. The molecule has 1 amide bonds. The molecule has 0 aliphatic carbocycles. The van der Waals surface area contributed by atoms with Gasteiger partial charge in [-0.3, -0.25) is 9.36 Å². The van der Waals surface area contributed by atoms with E-state index in [0.29, 0.717) is 22.5 Å². The minimum absolute atomic E-state index is 0.0385. The van der Waals surface area contributed by atoms with E-state index in [-0.39, 0.29) is 11.9 Å². The van der Waals surface area contributed by atoms with Crippen molar-refractivity contribution in [3.8, 4) is 5.69 Å². The molecule has 6 heteroatoms. The smallest absolute Gasteiger partial charge is 0.257 e. The Bertz CT molecular complexity index is 1230. The van der Waals surface area contributed by atoms with Crippen molar-refractivity contribution in [2.45, 2.75) is 52.5 Å². The first-order valence-electron chi connectivity index (χ1n) is 11.0. The Morgan fingerprint density at radius 3 is 2.39 bits per heavy atom. The fourth-order valence-corrected chi connectivity index (χ4v) is 3.74. The van der Waals surface area contributed by atoms with Gasteiger partial charge in [-0.1, -0.05) is 44.5 Å². The van der Waals surface area contributed by atoms with Gasteiger partial charge in [-0.25, -0.2) is 9.97 Å². The molecule has 2 aromatic heterocycles. The average Bonchev–Trinajstić information content (AvgIpc) is 3.07. The third kappa shape index (κ3) is 3.98. The molecule has 6 nitrogen and oxygen atoms in total. The Kier molecular flexibility index (Phi) is 5.89. The number of carbonyl (C=O) groups excluding carboxylic acids is 1. The lowest BCUT2D eigenvalue weighted by Crippen LogP contribution is -2.32. The zero-order valence-corrected chi connectivity index (χ0v) is 18.4. The van der Waals surface area contributed by atoms with Gasteiger partial charge in [0.1, 0.15) is 16.9 Å². The molecule has 0 spiro atoms. The lowest BCUT2D eigenvalue weighted by molar-refractivity contribution is 0.0941. The summed E-state index contributed by atoms with van der Waals surface area (Å²) in [5.74, 6) is 0.132. The minimum atomic E-state index is -0.222. The van der Waals surface area contributed by atoms with Gasteiger partial charge in [0.05, 0.1) is 11.0 Å². The van der Waals surface area contributed by atoms with Gasteiger partial charge in [-0.05, 0) is 56.0 Å². The van der Waals surface area contributed by atoms with Crippen LogP contribution in [0.25, 0.3) is 27.9 Å². The molecule has 2 heterocycles. The van der Waals surface area contributed by atoms with Crippen molar-refractivity contribution in [1.29, 1.82) is 0 Å². The summed E-state index contributed by atoms with van der Waals surface area (Å²) >= 11 is 0. The first kappa shape index (κ1) is 20.8. The van der Waals surface area contributed by atoms with Gasteiger partial charge in [0, 0.05) is 11.7 Å². The molecule has 160 valence electrons. The molecule has 0 unspecified atom stereocenters.